The number of likely N-dealkylation sites (N-methyl/N-ethyl adjacent to an activating group) is 1. The maximum Gasteiger partial charge on any atom is 0.222 e. The number of aromatic nitrogens is 2. The summed E-state index contributed by atoms with van der Waals surface area (Å²) in [6.45, 7) is 8.46. The Labute approximate surface area is 120 Å². The molecule has 6 nitrogen and oxygen atoms in total. The van der Waals surface area contributed by atoms with Crippen molar-refractivity contribution in [1.82, 2.24) is 15.3 Å². The monoisotopic (exact) mass is 279 g/mol. The number of ether oxygens (including phenoxy) is 1. The smallest absolute Gasteiger partial charge is 0.222 e. The zero-order valence-corrected chi connectivity index (χ0v) is 12.8. The highest BCUT2D eigenvalue weighted by atomic mass is 16.5. The fourth-order valence-electron chi connectivity index (χ4n) is 2.23. The Morgan fingerprint density at radius 2 is 2.20 bits per heavy atom. The van der Waals surface area contributed by atoms with Crippen molar-refractivity contribution in [2.24, 2.45) is 0 Å². The van der Waals surface area contributed by atoms with Crippen LogP contribution in [0, 0.1) is 0 Å². The van der Waals surface area contributed by atoms with Gasteiger partial charge in [-0.3, -0.25) is 0 Å². The van der Waals surface area contributed by atoms with Gasteiger partial charge in [-0.1, -0.05) is 0 Å². The predicted octanol–water partition coefficient (Wildman–Crippen LogP) is 1.17. The minimum Gasteiger partial charge on any atom is -0.370 e. The van der Waals surface area contributed by atoms with Gasteiger partial charge in [-0.25, -0.2) is 4.98 Å². The molecule has 2 heterocycles. The third-order valence-corrected chi connectivity index (χ3v) is 3.36. The Bertz CT molecular complexity index is 457. The third-order valence-electron chi connectivity index (χ3n) is 3.36. The van der Waals surface area contributed by atoms with Crippen LogP contribution in [0.4, 0.5) is 11.8 Å². The summed E-state index contributed by atoms with van der Waals surface area (Å²) in [6.07, 6.45) is 1.12. The molecule has 1 fully saturated rings. The lowest BCUT2D eigenvalue weighted by atomic mass is 10.2. The van der Waals surface area contributed by atoms with E-state index in [9.17, 15) is 0 Å². The van der Waals surface area contributed by atoms with Crippen LogP contribution in [-0.4, -0.2) is 41.7 Å². The first kappa shape index (κ1) is 15.0. The lowest BCUT2D eigenvalue weighted by Gasteiger charge is -2.21. The highest BCUT2D eigenvalue weighted by Crippen LogP contribution is 2.21. The molecule has 0 aliphatic carbocycles. The van der Waals surface area contributed by atoms with Gasteiger partial charge in [0, 0.05) is 25.2 Å². The summed E-state index contributed by atoms with van der Waals surface area (Å²) in [6, 6.07) is 2.49. The van der Waals surface area contributed by atoms with Crippen LogP contribution in [0.25, 0.3) is 0 Å². The topological polar surface area (TPSA) is 76.3 Å². The lowest BCUT2D eigenvalue weighted by Crippen LogP contribution is -2.30. The van der Waals surface area contributed by atoms with Crippen molar-refractivity contribution in [1.29, 1.82) is 0 Å². The first-order valence-electron chi connectivity index (χ1n) is 7.07. The average Bonchev–Trinajstić information content (AvgIpc) is 2.84. The molecule has 1 aromatic heterocycles. The maximum atomic E-state index is 5.81. The van der Waals surface area contributed by atoms with Crippen LogP contribution in [-0.2, 0) is 11.3 Å². The quantitative estimate of drug-likeness (QED) is 0.861. The van der Waals surface area contributed by atoms with Crippen LogP contribution in [0.5, 0.6) is 0 Å². The molecule has 0 spiro atoms. The highest BCUT2D eigenvalue weighted by molar-refractivity contribution is 5.44. The lowest BCUT2D eigenvalue weighted by molar-refractivity contribution is -0.0164. The average molecular weight is 279 g/mol. The number of nitrogens with one attached hydrogen (secondary N) is 1. The molecular weight excluding hydrogens is 254 g/mol. The van der Waals surface area contributed by atoms with Gasteiger partial charge in [0.05, 0.1) is 17.9 Å². The van der Waals surface area contributed by atoms with Gasteiger partial charge in [-0.05, 0) is 34.2 Å². The molecule has 1 aliphatic rings. The largest absolute Gasteiger partial charge is 0.370 e. The predicted molar refractivity (Wildman–Crippen MR) is 80.7 cm³/mol. The summed E-state index contributed by atoms with van der Waals surface area (Å²) in [5.41, 5.74) is 6.45. The van der Waals surface area contributed by atoms with Crippen LogP contribution in [0.1, 0.15) is 32.9 Å². The van der Waals surface area contributed by atoms with E-state index >= 15 is 0 Å². The van der Waals surface area contributed by atoms with E-state index < -0.39 is 0 Å². The highest BCUT2D eigenvalue weighted by Gasteiger charge is 2.23. The van der Waals surface area contributed by atoms with Crippen LogP contribution in [0.15, 0.2) is 6.07 Å². The van der Waals surface area contributed by atoms with Gasteiger partial charge in [-0.15, -0.1) is 0 Å². The molecule has 6 heteroatoms. The zero-order valence-electron chi connectivity index (χ0n) is 12.8. The first-order chi connectivity index (χ1) is 9.37. The molecule has 2 rings (SSSR count). The Kier molecular flexibility index (Phi) is 4.45. The second-order valence-corrected chi connectivity index (χ2v) is 6.20. The van der Waals surface area contributed by atoms with Crippen molar-refractivity contribution in [3.8, 4) is 0 Å². The zero-order chi connectivity index (χ0) is 14.8. The summed E-state index contributed by atoms with van der Waals surface area (Å²) in [5.74, 6) is 1.20. The number of anilines is 2. The number of nitrogens with two attached hydrogens (primary N) is 1. The molecule has 0 aromatic carbocycles. The van der Waals surface area contributed by atoms with Crippen molar-refractivity contribution < 1.29 is 4.74 Å². The van der Waals surface area contributed by atoms with Crippen LogP contribution in [0.2, 0.25) is 0 Å². The summed E-state index contributed by atoms with van der Waals surface area (Å²) in [5, 5.41) is 3.30. The van der Waals surface area contributed by atoms with Crippen LogP contribution < -0.4 is 16.0 Å². The molecule has 0 bridgehead atoms. The Morgan fingerprint density at radius 3 is 2.80 bits per heavy atom. The van der Waals surface area contributed by atoms with Crippen molar-refractivity contribution in [2.45, 2.75) is 45.4 Å². The summed E-state index contributed by atoms with van der Waals surface area (Å²) in [4.78, 5) is 10.8. The SMILES string of the molecule is CN[C@@H]1CCN(c2cc(COC(C)(C)C)nc(N)n2)C1. The molecule has 1 atom stereocenters. The maximum absolute atomic E-state index is 5.81. The van der Waals surface area contributed by atoms with Gasteiger partial charge < -0.3 is 20.7 Å². The number of nitrogens with zero attached hydrogens (tertiary/aromatic N) is 3. The summed E-state index contributed by atoms with van der Waals surface area (Å²) < 4.78 is 5.75. The van der Waals surface area contributed by atoms with E-state index in [0.717, 1.165) is 31.0 Å². The second kappa shape index (κ2) is 5.93. The molecule has 1 aliphatic heterocycles. The summed E-state index contributed by atoms with van der Waals surface area (Å²) >= 11 is 0. The number of hydrogen-bond donors (Lipinski definition) is 2. The van der Waals surface area contributed by atoms with Crippen molar-refractivity contribution in [3.05, 3.63) is 11.8 Å². The van der Waals surface area contributed by atoms with Crippen molar-refractivity contribution >= 4 is 11.8 Å². The molecule has 1 aromatic rings. The van der Waals surface area contributed by atoms with Gasteiger partial charge >= 0.3 is 0 Å². The number of rotatable bonds is 4. The third kappa shape index (κ3) is 4.05. The van der Waals surface area contributed by atoms with E-state index in [4.69, 9.17) is 10.5 Å². The molecule has 0 radical (unpaired) electrons. The Balaban J connectivity index is 2.09. The van der Waals surface area contributed by atoms with E-state index in [-0.39, 0.29) is 5.60 Å². The molecule has 3 N–H and O–H groups in total. The van der Waals surface area contributed by atoms with Gasteiger partial charge in [0.15, 0.2) is 0 Å². The Morgan fingerprint density at radius 1 is 1.45 bits per heavy atom. The molecule has 0 saturated carbocycles. The molecule has 0 unspecified atom stereocenters. The van der Waals surface area contributed by atoms with E-state index in [1.54, 1.807) is 0 Å². The van der Waals surface area contributed by atoms with Crippen molar-refractivity contribution in [2.75, 3.05) is 30.8 Å². The van der Waals surface area contributed by atoms with Gasteiger partial charge in [-0.2, -0.15) is 4.98 Å². The van der Waals surface area contributed by atoms with E-state index in [2.05, 4.69) is 20.2 Å². The normalized spacial score (nSPS) is 19.6. The number of nitrogen functional groups attached to an aromatic ring is 1. The Hall–Kier alpha value is -1.40. The molecule has 20 heavy (non-hydrogen) atoms. The van der Waals surface area contributed by atoms with E-state index in [1.165, 1.54) is 0 Å². The molecule has 1 saturated heterocycles. The standard InChI is InChI=1S/C14H25N5O/c1-14(2,3)20-9-11-7-12(18-13(15)17-11)19-6-5-10(8-19)16-4/h7,10,16H,5-6,8-9H2,1-4H3,(H2,15,17,18)/t10-/m1/s1. The molecular formula is C14H25N5O. The van der Waals surface area contributed by atoms with Gasteiger partial charge in [0.25, 0.3) is 0 Å². The molecule has 0 amide bonds. The second-order valence-electron chi connectivity index (χ2n) is 6.20. The van der Waals surface area contributed by atoms with Crippen molar-refractivity contribution in [3.63, 3.8) is 0 Å². The number of hydrogen-bond acceptors (Lipinski definition) is 6. The van der Waals surface area contributed by atoms with Gasteiger partial charge in [0.2, 0.25) is 5.95 Å². The summed E-state index contributed by atoms with van der Waals surface area (Å²) in [7, 11) is 1.99. The fraction of sp³-hybridized carbons (Fsp3) is 0.714. The van der Waals surface area contributed by atoms with Gasteiger partial charge in [0.1, 0.15) is 5.82 Å². The van der Waals surface area contributed by atoms with Crippen LogP contribution in [0.3, 0.4) is 0 Å². The van der Waals surface area contributed by atoms with Crippen LogP contribution >= 0.6 is 0 Å². The first-order valence-corrected chi connectivity index (χ1v) is 7.07. The fourth-order valence-corrected chi connectivity index (χ4v) is 2.23. The van der Waals surface area contributed by atoms with E-state index in [0.29, 0.717) is 18.6 Å². The molecule has 112 valence electrons. The minimum atomic E-state index is -0.190. The minimum absolute atomic E-state index is 0.190. The van der Waals surface area contributed by atoms with E-state index in [1.807, 2.05) is 33.9 Å².